The number of benzene rings is 1. The van der Waals surface area contributed by atoms with E-state index in [2.05, 4.69) is 41.4 Å². The topological polar surface area (TPSA) is 36.2 Å². The minimum atomic E-state index is 0.0498. The van der Waals surface area contributed by atoms with Crippen LogP contribution >= 0.6 is 0 Å². The van der Waals surface area contributed by atoms with Crippen LogP contribution in [0.5, 0.6) is 0 Å². The highest BCUT2D eigenvalue weighted by Gasteiger charge is 2.11. The molecule has 24 heavy (non-hydrogen) atoms. The van der Waals surface area contributed by atoms with E-state index in [0.29, 0.717) is 13.0 Å². The zero-order valence-electron chi connectivity index (χ0n) is 14.4. The Kier molecular flexibility index (Phi) is 5.47. The van der Waals surface area contributed by atoms with Crippen molar-refractivity contribution in [2.75, 3.05) is 23.3 Å². The maximum atomic E-state index is 12.1. The second-order valence-electron chi connectivity index (χ2n) is 6.51. The van der Waals surface area contributed by atoms with E-state index < -0.39 is 0 Å². The molecule has 1 aliphatic rings. The summed E-state index contributed by atoms with van der Waals surface area (Å²) in [6, 6.07) is 12.3. The Morgan fingerprint density at radius 3 is 2.38 bits per heavy atom. The van der Waals surface area contributed by atoms with Gasteiger partial charge in [0.25, 0.3) is 0 Å². The van der Waals surface area contributed by atoms with Crippen molar-refractivity contribution in [2.45, 2.75) is 39.2 Å². The van der Waals surface area contributed by atoms with Crippen molar-refractivity contribution in [1.29, 1.82) is 0 Å². The van der Waals surface area contributed by atoms with Gasteiger partial charge in [0.1, 0.15) is 0 Å². The van der Waals surface area contributed by atoms with Crippen LogP contribution in [-0.2, 0) is 11.3 Å². The molecule has 1 aliphatic heterocycles. The first kappa shape index (κ1) is 16.5. The zero-order valence-corrected chi connectivity index (χ0v) is 14.4. The number of carbonyl (C=O) groups excluding carboxylic acids is 1. The molecule has 1 saturated heterocycles. The molecule has 4 heteroatoms. The Hall–Kier alpha value is -2.36. The van der Waals surface area contributed by atoms with Gasteiger partial charge in [0.2, 0.25) is 5.91 Å². The fourth-order valence-corrected chi connectivity index (χ4v) is 3.04. The predicted molar refractivity (Wildman–Crippen MR) is 97.1 cm³/mol. The lowest BCUT2D eigenvalue weighted by Crippen LogP contribution is -2.34. The summed E-state index contributed by atoms with van der Waals surface area (Å²) in [6.45, 7) is 5.03. The molecule has 0 spiro atoms. The van der Waals surface area contributed by atoms with Crippen LogP contribution in [0.25, 0.3) is 0 Å². The van der Waals surface area contributed by atoms with E-state index in [1.165, 1.54) is 30.5 Å². The number of nitrogens with zero attached hydrogens (tertiary/aromatic N) is 2. The van der Waals surface area contributed by atoms with Gasteiger partial charge in [0, 0.05) is 36.6 Å². The Morgan fingerprint density at radius 1 is 1.04 bits per heavy atom. The summed E-state index contributed by atoms with van der Waals surface area (Å²) in [6.07, 6.45) is 8.38. The smallest absolute Gasteiger partial charge is 0.230 e. The van der Waals surface area contributed by atoms with Crippen molar-refractivity contribution in [3.63, 3.8) is 0 Å². The lowest BCUT2D eigenvalue weighted by Gasteiger charge is -2.28. The fraction of sp³-hybridized carbons (Fsp3) is 0.400. The molecule has 0 radical (unpaired) electrons. The highest BCUT2D eigenvalue weighted by Crippen LogP contribution is 2.21. The molecule has 1 N–H and O–H groups in total. The molecule has 0 bridgehead atoms. The Morgan fingerprint density at radius 2 is 1.71 bits per heavy atom. The van der Waals surface area contributed by atoms with Gasteiger partial charge in [-0.2, -0.15) is 0 Å². The average Bonchev–Trinajstić information content (AvgIpc) is 2.63. The number of nitrogens with one attached hydrogen (secondary N) is 1. The maximum Gasteiger partial charge on any atom is 0.230 e. The quantitative estimate of drug-likeness (QED) is 0.857. The van der Waals surface area contributed by atoms with Crippen LogP contribution in [0.1, 0.15) is 31.2 Å². The molecule has 0 aliphatic carbocycles. The van der Waals surface area contributed by atoms with Crippen LogP contribution in [0, 0.1) is 6.92 Å². The zero-order chi connectivity index (χ0) is 16.8. The second-order valence-corrected chi connectivity index (χ2v) is 6.51. The lowest BCUT2D eigenvalue weighted by atomic mass is 10.1. The molecule has 3 rings (SSSR count). The van der Waals surface area contributed by atoms with E-state index in [0.717, 1.165) is 18.8 Å². The van der Waals surface area contributed by atoms with Crippen LogP contribution in [0.3, 0.4) is 0 Å². The molecular formula is C20H26N3O+. The van der Waals surface area contributed by atoms with Gasteiger partial charge < -0.3 is 10.2 Å². The highest BCUT2D eigenvalue weighted by atomic mass is 16.1. The number of aryl methyl sites for hydroxylation is 2. The third kappa shape index (κ3) is 4.57. The number of rotatable bonds is 5. The summed E-state index contributed by atoms with van der Waals surface area (Å²) < 4.78 is 2.03. The van der Waals surface area contributed by atoms with Gasteiger partial charge in [-0.15, -0.1) is 0 Å². The lowest BCUT2D eigenvalue weighted by molar-refractivity contribution is -0.695. The minimum Gasteiger partial charge on any atom is -0.372 e. The summed E-state index contributed by atoms with van der Waals surface area (Å²) in [5, 5.41) is 2.98. The fourth-order valence-electron chi connectivity index (χ4n) is 3.04. The normalized spacial score (nSPS) is 14.5. The molecule has 2 heterocycles. The van der Waals surface area contributed by atoms with Crippen molar-refractivity contribution < 1.29 is 9.36 Å². The second kappa shape index (κ2) is 7.95. The molecular weight excluding hydrogens is 298 g/mol. The van der Waals surface area contributed by atoms with E-state index in [1.54, 1.807) is 0 Å². The molecule has 126 valence electrons. The standard InChI is InChI=1S/C20H25N3O/c1-17-9-14-22(15-10-17)16-11-20(24)21-18-5-7-19(8-6-18)23-12-3-2-4-13-23/h5-10,14-15H,2-4,11-13,16H2,1H3/p+1. The molecule has 0 saturated carbocycles. The molecule has 1 fully saturated rings. The van der Waals surface area contributed by atoms with Gasteiger partial charge in [0.05, 0.1) is 6.42 Å². The Balaban J connectivity index is 1.49. The van der Waals surface area contributed by atoms with Gasteiger partial charge >= 0.3 is 0 Å². The van der Waals surface area contributed by atoms with Crippen molar-refractivity contribution in [3.8, 4) is 0 Å². The number of piperidine rings is 1. The first-order chi connectivity index (χ1) is 11.7. The van der Waals surface area contributed by atoms with E-state index in [-0.39, 0.29) is 5.91 Å². The molecule has 0 unspecified atom stereocenters. The summed E-state index contributed by atoms with van der Waals surface area (Å²) in [5.41, 5.74) is 3.35. The average molecular weight is 324 g/mol. The Labute approximate surface area is 144 Å². The number of carbonyl (C=O) groups is 1. The third-order valence-electron chi connectivity index (χ3n) is 4.53. The number of hydrogen-bond acceptors (Lipinski definition) is 2. The SMILES string of the molecule is Cc1cc[n+](CCC(=O)Nc2ccc(N3CCCCC3)cc2)cc1. The van der Waals surface area contributed by atoms with Gasteiger partial charge in [0.15, 0.2) is 18.9 Å². The molecule has 2 aromatic rings. The number of aromatic nitrogens is 1. The van der Waals surface area contributed by atoms with Crippen molar-refractivity contribution in [2.24, 2.45) is 0 Å². The van der Waals surface area contributed by atoms with Crippen LogP contribution in [0.2, 0.25) is 0 Å². The van der Waals surface area contributed by atoms with Crippen molar-refractivity contribution in [3.05, 3.63) is 54.4 Å². The molecule has 4 nitrogen and oxygen atoms in total. The summed E-state index contributed by atoms with van der Waals surface area (Å²) in [5.74, 6) is 0.0498. The summed E-state index contributed by atoms with van der Waals surface area (Å²) >= 11 is 0. The highest BCUT2D eigenvalue weighted by molar-refractivity contribution is 5.90. The molecule has 1 aromatic carbocycles. The summed E-state index contributed by atoms with van der Waals surface area (Å²) in [4.78, 5) is 14.5. The van der Waals surface area contributed by atoms with Crippen LogP contribution in [0.15, 0.2) is 48.8 Å². The van der Waals surface area contributed by atoms with Gasteiger partial charge in [-0.25, -0.2) is 4.57 Å². The van der Waals surface area contributed by atoms with Crippen molar-refractivity contribution >= 4 is 17.3 Å². The first-order valence-electron chi connectivity index (χ1n) is 8.81. The number of anilines is 2. The van der Waals surface area contributed by atoms with Crippen LogP contribution < -0.4 is 14.8 Å². The van der Waals surface area contributed by atoms with E-state index in [9.17, 15) is 4.79 Å². The van der Waals surface area contributed by atoms with Gasteiger partial charge in [-0.05, 0) is 56.0 Å². The van der Waals surface area contributed by atoms with E-state index in [4.69, 9.17) is 0 Å². The third-order valence-corrected chi connectivity index (χ3v) is 4.53. The largest absolute Gasteiger partial charge is 0.372 e. The van der Waals surface area contributed by atoms with Gasteiger partial charge in [-0.1, -0.05) is 0 Å². The maximum absolute atomic E-state index is 12.1. The van der Waals surface area contributed by atoms with Crippen LogP contribution in [0.4, 0.5) is 11.4 Å². The van der Waals surface area contributed by atoms with Crippen molar-refractivity contribution in [1.82, 2.24) is 0 Å². The number of amides is 1. The predicted octanol–water partition coefficient (Wildman–Crippen LogP) is 3.30. The number of pyridine rings is 1. The molecule has 1 amide bonds. The van der Waals surface area contributed by atoms with E-state index in [1.807, 2.05) is 29.1 Å². The van der Waals surface area contributed by atoms with Crippen LogP contribution in [-0.4, -0.2) is 19.0 Å². The van der Waals surface area contributed by atoms with Gasteiger partial charge in [-0.3, -0.25) is 4.79 Å². The Bertz CT molecular complexity index is 658. The number of hydrogen-bond donors (Lipinski definition) is 1. The first-order valence-corrected chi connectivity index (χ1v) is 8.81. The molecule has 1 aromatic heterocycles. The van der Waals surface area contributed by atoms with E-state index >= 15 is 0 Å². The summed E-state index contributed by atoms with van der Waals surface area (Å²) in [7, 11) is 0. The monoisotopic (exact) mass is 324 g/mol. The minimum absolute atomic E-state index is 0.0498. The molecule has 0 atom stereocenters.